The molecule has 0 radical (unpaired) electrons. The van der Waals surface area contributed by atoms with E-state index in [-0.39, 0.29) is 17.4 Å². The predicted molar refractivity (Wildman–Crippen MR) is 66.1 cm³/mol. The lowest BCUT2D eigenvalue weighted by atomic mass is 9.86. The minimum atomic E-state index is -0.324. The number of amides is 1. The largest absolute Gasteiger partial charge is 0.368 e. The molecule has 1 atom stereocenters. The maximum Gasteiger partial charge on any atom is 0.235 e. The van der Waals surface area contributed by atoms with Gasteiger partial charge in [0.15, 0.2) is 0 Å². The SMILES string of the molecule is Cc1ncc(CNC(C(N)=O)C(C)(C)C)s1. The Kier molecular flexibility index (Phi) is 4.04. The Balaban J connectivity index is 2.61. The predicted octanol–water partition coefficient (Wildman–Crippen LogP) is 1.44. The van der Waals surface area contributed by atoms with Gasteiger partial charge < -0.3 is 11.1 Å². The van der Waals surface area contributed by atoms with Crippen molar-refractivity contribution in [3.63, 3.8) is 0 Å². The number of nitrogens with one attached hydrogen (secondary N) is 1. The van der Waals surface area contributed by atoms with E-state index in [0.717, 1.165) is 9.88 Å². The molecule has 1 aromatic rings. The molecule has 1 rings (SSSR count). The van der Waals surface area contributed by atoms with Gasteiger partial charge in [-0.25, -0.2) is 4.98 Å². The van der Waals surface area contributed by atoms with Gasteiger partial charge in [0.2, 0.25) is 5.91 Å². The minimum absolute atomic E-state index is 0.175. The van der Waals surface area contributed by atoms with Gasteiger partial charge in [0, 0.05) is 17.6 Å². The van der Waals surface area contributed by atoms with Crippen LogP contribution in [-0.2, 0) is 11.3 Å². The first kappa shape index (κ1) is 13.1. The number of nitrogens with zero attached hydrogens (tertiary/aromatic N) is 1. The Morgan fingerprint density at radius 3 is 2.62 bits per heavy atom. The monoisotopic (exact) mass is 241 g/mol. The highest BCUT2D eigenvalue weighted by molar-refractivity contribution is 7.11. The molecule has 90 valence electrons. The highest BCUT2D eigenvalue weighted by Crippen LogP contribution is 2.20. The first-order valence-corrected chi connectivity index (χ1v) is 6.06. The average Bonchev–Trinajstić information content (AvgIpc) is 2.48. The topological polar surface area (TPSA) is 68.0 Å². The molecule has 0 spiro atoms. The maximum absolute atomic E-state index is 11.3. The maximum atomic E-state index is 11.3. The lowest BCUT2D eigenvalue weighted by molar-refractivity contribution is -0.122. The molecule has 0 fully saturated rings. The van der Waals surface area contributed by atoms with Crippen LogP contribution in [0.5, 0.6) is 0 Å². The van der Waals surface area contributed by atoms with E-state index in [4.69, 9.17) is 5.73 Å². The van der Waals surface area contributed by atoms with E-state index in [9.17, 15) is 4.79 Å². The minimum Gasteiger partial charge on any atom is -0.368 e. The second-order valence-electron chi connectivity index (χ2n) is 4.93. The molecule has 1 aromatic heterocycles. The van der Waals surface area contributed by atoms with E-state index in [1.165, 1.54) is 0 Å². The summed E-state index contributed by atoms with van der Waals surface area (Å²) in [5.41, 5.74) is 5.20. The first-order valence-electron chi connectivity index (χ1n) is 5.24. The Morgan fingerprint density at radius 2 is 2.25 bits per heavy atom. The van der Waals surface area contributed by atoms with Gasteiger partial charge >= 0.3 is 0 Å². The van der Waals surface area contributed by atoms with Crippen LogP contribution >= 0.6 is 11.3 Å². The van der Waals surface area contributed by atoms with Gasteiger partial charge in [-0.3, -0.25) is 4.79 Å². The van der Waals surface area contributed by atoms with E-state index in [2.05, 4.69) is 10.3 Å². The van der Waals surface area contributed by atoms with Crippen LogP contribution in [0.2, 0.25) is 0 Å². The van der Waals surface area contributed by atoms with E-state index in [0.29, 0.717) is 6.54 Å². The summed E-state index contributed by atoms with van der Waals surface area (Å²) in [5.74, 6) is -0.311. The van der Waals surface area contributed by atoms with Crippen molar-refractivity contribution in [2.24, 2.45) is 11.1 Å². The molecule has 1 amide bonds. The second kappa shape index (κ2) is 4.93. The zero-order valence-corrected chi connectivity index (χ0v) is 11.0. The number of carbonyl (C=O) groups excluding carboxylic acids is 1. The highest BCUT2D eigenvalue weighted by atomic mass is 32.1. The molecule has 1 unspecified atom stereocenters. The van der Waals surface area contributed by atoms with E-state index in [1.807, 2.05) is 33.9 Å². The van der Waals surface area contributed by atoms with Crippen molar-refractivity contribution in [3.05, 3.63) is 16.1 Å². The Bertz CT molecular complexity index is 368. The van der Waals surface area contributed by atoms with Gasteiger partial charge in [0.25, 0.3) is 0 Å². The standard InChI is InChI=1S/C11H19N3OS/c1-7-13-5-8(16-7)6-14-9(10(12)15)11(2,3)4/h5,9,14H,6H2,1-4H3,(H2,12,15). The molecule has 0 aliphatic heterocycles. The number of carbonyl (C=O) groups is 1. The van der Waals surface area contributed by atoms with E-state index >= 15 is 0 Å². The third-order valence-corrected chi connectivity index (χ3v) is 3.21. The summed E-state index contributed by atoms with van der Waals surface area (Å²) in [5, 5.41) is 4.22. The number of hydrogen-bond donors (Lipinski definition) is 2. The molecule has 4 nitrogen and oxygen atoms in total. The third kappa shape index (κ3) is 3.57. The highest BCUT2D eigenvalue weighted by Gasteiger charge is 2.28. The molecule has 0 saturated heterocycles. The zero-order valence-electron chi connectivity index (χ0n) is 10.2. The van der Waals surface area contributed by atoms with Crippen LogP contribution < -0.4 is 11.1 Å². The molecule has 5 heteroatoms. The molecule has 0 bridgehead atoms. The number of rotatable bonds is 4. The second-order valence-corrected chi connectivity index (χ2v) is 6.25. The summed E-state index contributed by atoms with van der Waals surface area (Å²) in [6.07, 6.45) is 1.83. The number of aryl methyl sites for hydroxylation is 1. The average molecular weight is 241 g/mol. The summed E-state index contributed by atoms with van der Waals surface area (Å²) < 4.78 is 0. The lowest BCUT2D eigenvalue weighted by Gasteiger charge is -2.28. The summed E-state index contributed by atoms with van der Waals surface area (Å²) in [4.78, 5) is 16.6. The third-order valence-electron chi connectivity index (χ3n) is 2.30. The van der Waals surface area contributed by atoms with E-state index in [1.54, 1.807) is 11.3 Å². The summed E-state index contributed by atoms with van der Waals surface area (Å²) >= 11 is 1.63. The smallest absolute Gasteiger partial charge is 0.235 e. The molecular formula is C11H19N3OS. The van der Waals surface area contributed by atoms with Crippen molar-refractivity contribution in [2.45, 2.75) is 40.3 Å². The van der Waals surface area contributed by atoms with Crippen molar-refractivity contribution in [1.82, 2.24) is 10.3 Å². The van der Waals surface area contributed by atoms with Crippen molar-refractivity contribution in [1.29, 1.82) is 0 Å². The van der Waals surface area contributed by atoms with E-state index < -0.39 is 0 Å². The zero-order chi connectivity index (χ0) is 12.3. The number of primary amides is 1. The fourth-order valence-electron chi connectivity index (χ4n) is 1.52. The fourth-order valence-corrected chi connectivity index (χ4v) is 2.27. The molecule has 3 N–H and O–H groups in total. The normalized spacial score (nSPS) is 13.8. The van der Waals surface area contributed by atoms with Crippen molar-refractivity contribution < 1.29 is 4.79 Å². The molecule has 1 heterocycles. The molecule has 0 saturated carbocycles. The van der Waals surface area contributed by atoms with Crippen LogP contribution in [0.4, 0.5) is 0 Å². The van der Waals surface area contributed by atoms with Crippen LogP contribution in [0.3, 0.4) is 0 Å². The van der Waals surface area contributed by atoms with Crippen LogP contribution in [0.1, 0.15) is 30.7 Å². The van der Waals surface area contributed by atoms with Gasteiger partial charge in [-0.1, -0.05) is 20.8 Å². The number of thiazole rings is 1. The number of hydrogen-bond acceptors (Lipinski definition) is 4. The Labute approximate surface area is 100 Å². The van der Waals surface area contributed by atoms with Crippen LogP contribution in [0.15, 0.2) is 6.20 Å². The van der Waals surface area contributed by atoms with Crippen molar-refractivity contribution in [3.8, 4) is 0 Å². The van der Waals surface area contributed by atoms with Gasteiger partial charge in [-0.05, 0) is 12.3 Å². The fraction of sp³-hybridized carbons (Fsp3) is 0.636. The Morgan fingerprint density at radius 1 is 1.62 bits per heavy atom. The molecular weight excluding hydrogens is 222 g/mol. The van der Waals surface area contributed by atoms with Gasteiger partial charge in [0.1, 0.15) is 0 Å². The van der Waals surface area contributed by atoms with Crippen molar-refractivity contribution >= 4 is 17.2 Å². The van der Waals surface area contributed by atoms with Gasteiger partial charge in [-0.15, -0.1) is 11.3 Å². The van der Waals surface area contributed by atoms with Crippen molar-refractivity contribution in [2.75, 3.05) is 0 Å². The van der Waals surface area contributed by atoms with Crippen LogP contribution in [-0.4, -0.2) is 16.9 Å². The van der Waals surface area contributed by atoms with Crippen LogP contribution in [0, 0.1) is 12.3 Å². The number of nitrogens with two attached hydrogens (primary N) is 1. The summed E-state index contributed by atoms with van der Waals surface area (Å²) in [7, 11) is 0. The quantitative estimate of drug-likeness (QED) is 0.838. The summed E-state index contributed by atoms with van der Waals surface area (Å²) in [6, 6.07) is -0.324. The lowest BCUT2D eigenvalue weighted by Crippen LogP contribution is -2.49. The molecule has 0 aromatic carbocycles. The molecule has 0 aliphatic rings. The van der Waals surface area contributed by atoms with Gasteiger partial charge in [-0.2, -0.15) is 0 Å². The molecule has 0 aliphatic carbocycles. The summed E-state index contributed by atoms with van der Waals surface area (Å²) in [6.45, 7) is 8.58. The number of aromatic nitrogens is 1. The first-order chi connectivity index (χ1) is 7.30. The molecule has 16 heavy (non-hydrogen) atoms. The van der Waals surface area contributed by atoms with Crippen LogP contribution in [0.25, 0.3) is 0 Å². The van der Waals surface area contributed by atoms with Gasteiger partial charge in [0.05, 0.1) is 11.0 Å². The Hall–Kier alpha value is -0.940.